The molecule has 0 bridgehead atoms. The van der Waals surface area contributed by atoms with Crippen molar-refractivity contribution in [2.45, 2.75) is 65.3 Å². The van der Waals surface area contributed by atoms with Crippen molar-refractivity contribution in [1.82, 2.24) is 5.32 Å². The first-order valence-corrected chi connectivity index (χ1v) is 8.89. The van der Waals surface area contributed by atoms with Gasteiger partial charge in [-0.25, -0.2) is 0 Å². The van der Waals surface area contributed by atoms with Crippen LogP contribution in [0.15, 0.2) is 24.3 Å². The first-order valence-electron chi connectivity index (χ1n) is 8.51. The molecule has 0 saturated heterocycles. The second kappa shape index (κ2) is 7.65. The smallest absolute Gasteiger partial charge is 0.0438 e. The molecule has 0 spiro atoms. The molecule has 118 valence electrons. The first kappa shape index (κ1) is 16.8. The molecular weight excluding hydrogens is 278 g/mol. The standard InChI is InChI=1S/C19H30ClN/c1-4-13-21-18(14-15-9-5-6-11-17(15)20)16-10-7-8-12-19(16,2)3/h5-6,9,11,16,18,21H,4,7-8,10,12-14H2,1-3H3. The molecule has 1 N–H and O–H groups in total. The van der Waals surface area contributed by atoms with E-state index in [1.165, 1.54) is 37.7 Å². The molecule has 21 heavy (non-hydrogen) atoms. The van der Waals surface area contributed by atoms with Gasteiger partial charge in [-0.15, -0.1) is 0 Å². The van der Waals surface area contributed by atoms with Gasteiger partial charge in [0.25, 0.3) is 0 Å². The minimum absolute atomic E-state index is 0.435. The molecule has 0 heterocycles. The number of hydrogen-bond donors (Lipinski definition) is 1. The summed E-state index contributed by atoms with van der Waals surface area (Å²) in [5, 5.41) is 4.72. The summed E-state index contributed by atoms with van der Waals surface area (Å²) in [5.74, 6) is 0.745. The van der Waals surface area contributed by atoms with E-state index < -0.39 is 0 Å². The van der Waals surface area contributed by atoms with Gasteiger partial charge in [-0.1, -0.05) is 63.4 Å². The van der Waals surface area contributed by atoms with Gasteiger partial charge in [-0.05, 0) is 55.2 Å². The zero-order valence-corrected chi connectivity index (χ0v) is 14.5. The molecule has 2 atom stereocenters. The lowest BCUT2D eigenvalue weighted by Gasteiger charge is -2.44. The molecule has 1 saturated carbocycles. The fourth-order valence-electron chi connectivity index (χ4n) is 3.85. The van der Waals surface area contributed by atoms with Gasteiger partial charge in [-0.3, -0.25) is 0 Å². The zero-order chi connectivity index (χ0) is 15.3. The van der Waals surface area contributed by atoms with Crippen LogP contribution >= 0.6 is 11.6 Å². The van der Waals surface area contributed by atoms with E-state index in [0.29, 0.717) is 11.5 Å². The van der Waals surface area contributed by atoms with Gasteiger partial charge in [0, 0.05) is 11.1 Å². The maximum atomic E-state index is 6.38. The molecule has 1 fully saturated rings. The molecule has 2 heteroatoms. The van der Waals surface area contributed by atoms with Gasteiger partial charge in [-0.2, -0.15) is 0 Å². The van der Waals surface area contributed by atoms with Crippen LogP contribution < -0.4 is 5.32 Å². The Labute approximate surface area is 135 Å². The van der Waals surface area contributed by atoms with Crippen molar-refractivity contribution in [3.63, 3.8) is 0 Å². The molecule has 2 unspecified atom stereocenters. The maximum Gasteiger partial charge on any atom is 0.0438 e. The molecule has 1 aromatic rings. The Hall–Kier alpha value is -0.530. The van der Waals surface area contributed by atoms with Crippen molar-refractivity contribution in [3.05, 3.63) is 34.9 Å². The molecule has 1 aromatic carbocycles. The van der Waals surface area contributed by atoms with Gasteiger partial charge in [0.15, 0.2) is 0 Å². The van der Waals surface area contributed by atoms with Crippen LogP contribution in [0.3, 0.4) is 0 Å². The number of nitrogens with one attached hydrogen (secondary N) is 1. The van der Waals surface area contributed by atoms with Gasteiger partial charge >= 0.3 is 0 Å². The minimum Gasteiger partial charge on any atom is -0.313 e. The Morgan fingerprint density at radius 3 is 2.71 bits per heavy atom. The van der Waals surface area contributed by atoms with E-state index in [9.17, 15) is 0 Å². The third-order valence-electron chi connectivity index (χ3n) is 5.13. The molecule has 0 aromatic heterocycles. The van der Waals surface area contributed by atoms with Crippen LogP contribution in [0.25, 0.3) is 0 Å². The third-order valence-corrected chi connectivity index (χ3v) is 5.50. The molecule has 2 rings (SSSR count). The van der Waals surface area contributed by atoms with Crippen LogP contribution in [0.1, 0.15) is 58.4 Å². The Kier molecular flexibility index (Phi) is 6.13. The number of benzene rings is 1. The van der Waals surface area contributed by atoms with E-state index in [0.717, 1.165) is 23.9 Å². The van der Waals surface area contributed by atoms with Crippen LogP contribution in [0.4, 0.5) is 0 Å². The summed E-state index contributed by atoms with van der Waals surface area (Å²) in [5.41, 5.74) is 1.72. The highest BCUT2D eigenvalue weighted by Crippen LogP contribution is 2.43. The number of hydrogen-bond acceptors (Lipinski definition) is 1. The molecule has 0 amide bonds. The molecule has 1 aliphatic carbocycles. The summed E-state index contributed by atoms with van der Waals surface area (Å²) in [7, 11) is 0. The summed E-state index contributed by atoms with van der Waals surface area (Å²) < 4.78 is 0. The van der Waals surface area contributed by atoms with Crippen molar-refractivity contribution in [2.75, 3.05) is 6.54 Å². The van der Waals surface area contributed by atoms with Crippen molar-refractivity contribution < 1.29 is 0 Å². The monoisotopic (exact) mass is 307 g/mol. The highest BCUT2D eigenvalue weighted by Gasteiger charge is 2.37. The largest absolute Gasteiger partial charge is 0.313 e. The lowest BCUT2D eigenvalue weighted by atomic mass is 9.65. The maximum absolute atomic E-state index is 6.38. The predicted molar refractivity (Wildman–Crippen MR) is 93.0 cm³/mol. The van der Waals surface area contributed by atoms with Crippen LogP contribution in [-0.4, -0.2) is 12.6 Å². The Bertz CT molecular complexity index is 441. The topological polar surface area (TPSA) is 12.0 Å². The lowest BCUT2D eigenvalue weighted by Crippen LogP contribution is -2.46. The lowest BCUT2D eigenvalue weighted by molar-refractivity contribution is 0.0981. The van der Waals surface area contributed by atoms with Crippen molar-refractivity contribution in [1.29, 1.82) is 0 Å². The van der Waals surface area contributed by atoms with Crippen LogP contribution in [0.5, 0.6) is 0 Å². The van der Waals surface area contributed by atoms with Gasteiger partial charge in [0.1, 0.15) is 0 Å². The molecule has 0 radical (unpaired) electrons. The zero-order valence-electron chi connectivity index (χ0n) is 13.8. The van der Waals surface area contributed by atoms with Crippen molar-refractivity contribution >= 4 is 11.6 Å². The number of rotatable bonds is 6. The summed E-state index contributed by atoms with van der Waals surface area (Å²) in [4.78, 5) is 0. The molecule has 1 aliphatic rings. The van der Waals surface area contributed by atoms with Crippen molar-refractivity contribution in [3.8, 4) is 0 Å². The van der Waals surface area contributed by atoms with Crippen LogP contribution in [0, 0.1) is 11.3 Å². The van der Waals surface area contributed by atoms with E-state index in [1.54, 1.807) is 0 Å². The highest BCUT2D eigenvalue weighted by atomic mass is 35.5. The fraction of sp³-hybridized carbons (Fsp3) is 0.684. The Balaban J connectivity index is 2.15. The summed E-state index contributed by atoms with van der Waals surface area (Å²) in [6.07, 6.45) is 7.69. The second-order valence-corrected chi connectivity index (χ2v) is 7.60. The SMILES string of the molecule is CCCNC(Cc1ccccc1Cl)C1CCCCC1(C)C. The van der Waals surface area contributed by atoms with Crippen LogP contribution in [-0.2, 0) is 6.42 Å². The third kappa shape index (κ3) is 4.47. The highest BCUT2D eigenvalue weighted by molar-refractivity contribution is 6.31. The van der Waals surface area contributed by atoms with E-state index >= 15 is 0 Å². The van der Waals surface area contributed by atoms with E-state index in [4.69, 9.17) is 11.6 Å². The van der Waals surface area contributed by atoms with E-state index in [1.807, 2.05) is 12.1 Å². The minimum atomic E-state index is 0.435. The summed E-state index contributed by atoms with van der Waals surface area (Å²) >= 11 is 6.38. The summed E-state index contributed by atoms with van der Waals surface area (Å²) in [6.45, 7) is 8.24. The Morgan fingerprint density at radius 2 is 2.05 bits per heavy atom. The fourth-order valence-corrected chi connectivity index (χ4v) is 4.07. The molecular formula is C19H30ClN. The quantitative estimate of drug-likeness (QED) is 0.735. The molecule has 0 aliphatic heterocycles. The van der Waals surface area contributed by atoms with Gasteiger partial charge in [0.2, 0.25) is 0 Å². The van der Waals surface area contributed by atoms with Crippen molar-refractivity contribution in [2.24, 2.45) is 11.3 Å². The number of halogens is 1. The van der Waals surface area contributed by atoms with Gasteiger partial charge < -0.3 is 5.32 Å². The molecule has 1 nitrogen and oxygen atoms in total. The average molecular weight is 308 g/mol. The second-order valence-electron chi connectivity index (χ2n) is 7.20. The van der Waals surface area contributed by atoms with E-state index in [-0.39, 0.29) is 0 Å². The average Bonchev–Trinajstić information content (AvgIpc) is 2.45. The normalized spacial score (nSPS) is 23.0. The van der Waals surface area contributed by atoms with E-state index in [2.05, 4.69) is 38.2 Å². The Morgan fingerprint density at radius 1 is 1.29 bits per heavy atom. The summed E-state index contributed by atoms with van der Waals surface area (Å²) in [6, 6.07) is 8.85. The predicted octanol–water partition coefficient (Wildman–Crippen LogP) is 5.47. The van der Waals surface area contributed by atoms with Crippen LogP contribution in [0.2, 0.25) is 5.02 Å². The van der Waals surface area contributed by atoms with Gasteiger partial charge in [0.05, 0.1) is 0 Å². The first-order chi connectivity index (χ1) is 10.0.